The average Bonchev–Trinajstić information content (AvgIpc) is 2.94. The maximum absolute atomic E-state index is 11.8. The number of fused-ring (bicyclic) bond motifs is 1. The Balaban J connectivity index is 1.98. The van der Waals surface area contributed by atoms with E-state index >= 15 is 0 Å². The molecular weight excluding hydrogens is 292 g/mol. The molecule has 1 fully saturated rings. The molecule has 0 saturated carbocycles. The summed E-state index contributed by atoms with van der Waals surface area (Å²) in [5.41, 5.74) is 0.0421. The van der Waals surface area contributed by atoms with Gasteiger partial charge >= 0.3 is 5.97 Å². The number of carbonyl (C=O) groups is 1. The number of ether oxygens (including phenoxy) is 2. The highest BCUT2D eigenvalue weighted by molar-refractivity contribution is 6.02. The van der Waals surface area contributed by atoms with Crippen molar-refractivity contribution in [2.24, 2.45) is 11.1 Å². The second-order valence-electron chi connectivity index (χ2n) is 4.96. The first-order valence-electron chi connectivity index (χ1n) is 7.02. The smallest absolute Gasteiger partial charge is 0.360 e. The number of nitrogens with zero attached hydrogens (tertiary/aromatic N) is 3. The van der Waals surface area contributed by atoms with Crippen LogP contribution in [0.2, 0.25) is 0 Å². The van der Waals surface area contributed by atoms with Crippen molar-refractivity contribution >= 4 is 11.7 Å². The van der Waals surface area contributed by atoms with Crippen LogP contribution in [0.5, 0.6) is 0 Å². The van der Waals surface area contributed by atoms with Gasteiger partial charge in [0.25, 0.3) is 0 Å². The summed E-state index contributed by atoms with van der Waals surface area (Å²) in [7, 11) is 0. The van der Waals surface area contributed by atoms with Crippen molar-refractivity contribution in [1.82, 2.24) is 9.71 Å². The number of hydrogen-bond acceptors (Lipinski definition) is 8. The Morgan fingerprint density at radius 3 is 3.23 bits per heavy atom. The van der Waals surface area contributed by atoms with Crippen molar-refractivity contribution in [2.75, 3.05) is 13.2 Å². The van der Waals surface area contributed by atoms with Crippen LogP contribution in [0.4, 0.5) is 0 Å². The SMILES string of the molecule is CCOC(=O)c1nc(C2=NOC3OCCCC23)cn(O)c1=N. The molecule has 118 valence electrons. The highest BCUT2D eigenvalue weighted by atomic mass is 16.8. The molecule has 1 aromatic heterocycles. The van der Waals surface area contributed by atoms with Gasteiger partial charge in [-0.1, -0.05) is 5.16 Å². The van der Waals surface area contributed by atoms with Gasteiger partial charge in [0.2, 0.25) is 6.29 Å². The zero-order chi connectivity index (χ0) is 15.7. The summed E-state index contributed by atoms with van der Waals surface area (Å²) in [4.78, 5) is 21.2. The van der Waals surface area contributed by atoms with E-state index in [1.54, 1.807) is 6.92 Å². The van der Waals surface area contributed by atoms with Crippen LogP contribution in [0.25, 0.3) is 0 Å². The van der Waals surface area contributed by atoms with Crippen molar-refractivity contribution in [3.05, 3.63) is 23.1 Å². The van der Waals surface area contributed by atoms with Crippen molar-refractivity contribution in [1.29, 1.82) is 5.41 Å². The molecule has 0 amide bonds. The van der Waals surface area contributed by atoms with E-state index in [2.05, 4.69) is 10.1 Å². The topological polar surface area (TPSA) is 119 Å². The molecule has 2 aliphatic heterocycles. The molecule has 2 aliphatic rings. The Hall–Kier alpha value is -2.42. The summed E-state index contributed by atoms with van der Waals surface area (Å²) in [6, 6.07) is 0. The highest BCUT2D eigenvalue weighted by Crippen LogP contribution is 2.30. The van der Waals surface area contributed by atoms with E-state index in [0.29, 0.717) is 17.0 Å². The fraction of sp³-hybridized carbons (Fsp3) is 0.538. The highest BCUT2D eigenvalue weighted by Gasteiger charge is 2.39. The lowest BCUT2D eigenvalue weighted by Gasteiger charge is -2.23. The zero-order valence-corrected chi connectivity index (χ0v) is 12.0. The third kappa shape index (κ3) is 2.43. The van der Waals surface area contributed by atoms with Crippen molar-refractivity contribution in [3.8, 4) is 0 Å². The average molecular weight is 308 g/mol. The lowest BCUT2D eigenvalue weighted by molar-refractivity contribution is -0.162. The van der Waals surface area contributed by atoms with Gasteiger partial charge in [0.1, 0.15) is 11.4 Å². The summed E-state index contributed by atoms with van der Waals surface area (Å²) in [5.74, 6) is -0.874. The molecule has 9 heteroatoms. The van der Waals surface area contributed by atoms with Crippen LogP contribution in [0.15, 0.2) is 11.4 Å². The van der Waals surface area contributed by atoms with E-state index in [4.69, 9.17) is 19.7 Å². The van der Waals surface area contributed by atoms with Gasteiger partial charge < -0.3 is 19.5 Å². The van der Waals surface area contributed by atoms with Gasteiger partial charge in [-0.3, -0.25) is 5.41 Å². The van der Waals surface area contributed by atoms with Crippen LogP contribution in [0, 0.1) is 11.3 Å². The minimum Gasteiger partial charge on any atom is -0.461 e. The molecule has 1 saturated heterocycles. The molecule has 2 atom stereocenters. The molecule has 0 spiro atoms. The summed E-state index contributed by atoms with van der Waals surface area (Å²) < 4.78 is 10.8. The standard InChI is InChI=1S/C13H16N4O5/c1-2-20-12(18)10-11(14)17(19)6-8(15-10)9-7-4-3-5-21-13(7)22-16-9/h6-7,13-14,19H,2-5H2,1H3. The van der Waals surface area contributed by atoms with Crippen LogP contribution >= 0.6 is 0 Å². The number of carbonyl (C=O) groups excluding carboxylic acids is 1. The molecule has 0 aromatic carbocycles. The van der Waals surface area contributed by atoms with Gasteiger partial charge in [0.15, 0.2) is 11.2 Å². The van der Waals surface area contributed by atoms with E-state index in [1.807, 2.05) is 0 Å². The molecule has 3 heterocycles. The summed E-state index contributed by atoms with van der Waals surface area (Å²) >= 11 is 0. The van der Waals surface area contributed by atoms with Gasteiger partial charge in [-0.15, -0.1) is 0 Å². The molecule has 2 N–H and O–H groups in total. The lowest BCUT2D eigenvalue weighted by atomic mass is 9.94. The summed E-state index contributed by atoms with van der Waals surface area (Å²) in [6.45, 7) is 2.41. The quantitative estimate of drug-likeness (QED) is 0.611. The lowest BCUT2D eigenvalue weighted by Crippen LogP contribution is -2.34. The first-order chi connectivity index (χ1) is 10.6. The Labute approximate surface area is 125 Å². The molecule has 9 nitrogen and oxygen atoms in total. The van der Waals surface area contributed by atoms with E-state index < -0.39 is 17.7 Å². The number of hydrogen-bond donors (Lipinski definition) is 2. The van der Waals surface area contributed by atoms with Gasteiger partial charge in [0.05, 0.1) is 25.3 Å². The minimum atomic E-state index is -0.770. The van der Waals surface area contributed by atoms with Gasteiger partial charge in [-0.05, 0) is 19.8 Å². The predicted octanol–water partition coefficient (Wildman–Crippen LogP) is 0.264. The van der Waals surface area contributed by atoms with Crippen LogP contribution in [0.3, 0.4) is 0 Å². The van der Waals surface area contributed by atoms with Crippen LogP contribution in [0.1, 0.15) is 35.9 Å². The van der Waals surface area contributed by atoms with E-state index in [-0.39, 0.29) is 23.9 Å². The fourth-order valence-electron chi connectivity index (χ4n) is 2.49. The Morgan fingerprint density at radius 2 is 2.45 bits per heavy atom. The largest absolute Gasteiger partial charge is 0.461 e. The number of aromatic nitrogens is 2. The predicted molar refractivity (Wildman–Crippen MR) is 71.3 cm³/mol. The summed E-state index contributed by atoms with van der Waals surface area (Å²) in [6.07, 6.45) is 2.45. The zero-order valence-electron chi connectivity index (χ0n) is 12.0. The summed E-state index contributed by atoms with van der Waals surface area (Å²) in [5, 5.41) is 21.5. The third-order valence-electron chi connectivity index (χ3n) is 3.54. The van der Waals surface area contributed by atoms with E-state index in [1.165, 1.54) is 6.20 Å². The number of oxime groups is 1. The maximum atomic E-state index is 11.8. The monoisotopic (exact) mass is 308 g/mol. The molecular formula is C13H16N4O5. The maximum Gasteiger partial charge on any atom is 0.360 e. The molecule has 2 unspecified atom stereocenters. The van der Waals surface area contributed by atoms with Crippen LogP contribution in [-0.4, -0.2) is 46.1 Å². The molecule has 0 aliphatic carbocycles. The Kier molecular flexibility index (Phi) is 3.80. The number of esters is 1. The normalized spacial score (nSPS) is 23.4. The third-order valence-corrected chi connectivity index (χ3v) is 3.54. The molecule has 22 heavy (non-hydrogen) atoms. The fourth-order valence-corrected chi connectivity index (χ4v) is 2.49. The molecule has 0 bridgehead atoms. The second kappa shape index (κ2) is 5.76. The van der Waals surface area contributed by atoms with E-state index in [0.717, 1.165) is 12.8 Å². The Bertz CT molecular complexity index is 683. The first kappa shape index (κ1) is 14.5. The van der Waals surface area contributed by atoms with Gasteiger partial charge in [-0.2, -0.15) is 4.73 Å². The molecule has 3 rings (SSSR count). The van der Waals surface area contributed by atoms with Crippen LogP contribution in [-0.2, 0) is 14.3 Å². The van der Waals surface area contributed by atoms with Crippen LogP contribution < -0.4 is 5.49 Å². The van der Waals surface area contributed by atoms with Gasteiger partial charge in [-0.25, -0.2) is 9.78 Å². The minimum absolute atomic E-state index is 0.104. The van der Waals surface area contributed by atoms with Gasteiger partial charge in [0, 0.05) is 0 Å². The number of rotatable bonds is 3. The van der Waals surface area contributed by atoms with E-state index in [9.17, 15) is 10.0 Å². The number of nitrogens with one attached hydrogen (secondary N) is 1. The van der Waals surface area contributed by atoms with Crippen molar-refractivity contribution < 1.29 is 24.3 Å². The molecule has 1 aromatic rings. The first-order valence-corrected chi connectivity index (χ1v) is 7.02. The van der Waals surface area contributed by atoms with Crippen molar-refractivity contribution in [2.45, 2.75) is 26.1 Å². The van der Waals surface area contributed by atoms with Crippen molar-refractivity contribution in [3.63, 3.8) is 0 Å². The second-order valence-corrected chi connectivity index (χ2v) is 4.96. The Morgan fingerprint density at radius 1 is 1.64 bits per heavy atom. The molecule has 0 radical (unpaired) electrons.